The number of alkyl halides is 2. The first-order valence-corrected chi connectivity index (χ1v) is 8.14. The van der Waals surface area contributed by atoms with Gasteiger partial charge in [-0.15, -0.1) is 0 Å². The summed E-state index contributed by atoms with van der Waals surface area (Å²) < 4.78 is 41.4. The second-order valence-corrected chi connectivity index (χ2v) is 5.77. The molecule has 27 heavy (non-hydrogen) atoms. The molecule has 0 aliphatic heterocycles. The highest BCUT2D eigenvalue weighted by Gasteiger charge is 2.20. The van der Waals surface area contributed by atoms with Crippen molar-refractivity contribution in [2.24, 2.45) is 0 Å². The largest absolute Gasteiger partial charge is 0.481 e. The van der Waals surface area contributed by atoms with Crippen LogP contribution >= 0.6 is 0 Å². The molecule has 0 fully saturated rings. The summed E-state index contributed by atoms with van der Waals surface area (Å²) >= 11 is 0. The lowest BCUT2D eigenvalue weighted by atomic mass is 9.99. The lowest BCUT2D eigenvalue weighted by Gasteiger charge is -2.14. The molecule has 0 saturated heterocycles. The second-order valence-electron chi connectivity index (χ2n) is 5.77. The smallest absolute Gasteiger partial charge is 0.387 e. The average Bonchev–Trinajstić information content (AvgIpc) is 2.62. The Morgan fingerprint density at radius 1 is 1.04 bits per heavy atom. The zero-order valence-electron chi connectivity index (χ0n) is 14.2. The first kappa shape index (κ1) is 20.3. The highest BCUT2D eigenvalue weighted by Crippen LogP contribution is 2.17. The number of nitrogens with one attached hydrogen (secondary N) is 1. The van der Waals surface area contributed by atoms with Gasteiger partial charge in [0.25, 0.3) is 0 Å². The second kappa shape index (κ2) is 9.61. The van der Waals surface area contributed by atoms with Crippen molar-refractivity contribution in [2.45, 2.75) is 25.4 Å². The summed E-state index contributed by atoms with van der Waals surface area (Å²) in [6, 6.07) is 11.0. The van der Waals surface area contributed by atoms with Crippen LogP contribution in [0.15, 0.2) is 48.5 Å². The number of carboxylic acid groups (broad SMARTS) is 1. The number of carboxylic acids is 1. The van der Waals surface area contributed by atoms with Crippen molar-refractivity contribution < 1.29 is 32.6 Å². The summed E-state index contributed by atoms with van der Waals surface area (Å²) in [7, 11) is 0. The fourth-order valence-electron chi connectivity index (χ4n) is 2.44. The minimum absolute atomic E-state index is 0.0294. The maximum absolute atomic E-state index is 13.0. The number of hydrogen-bond acceptors (Lipinski definition) is 3. The van der Waals surface area contributed by atoms with Crippen molar-refractivity contribution in [1.29, 1.82) is 0 Å². The van der Waals surface area contributed by atoms with Gasteiger partial charge in [0.15, 0.2) is 0 Å². The zero-order valence-corrected chi connectivity index (χ0v) is 14.2. The molecule has 0 aromatic heterocycles. The van der Waals surface area contributed by atoms with Crippen LogP contribution in [-0.2, 0) is 16.0 Å². The number of rotatable bonds is 9. The van der Waals surface area contributed by atoms with E-state index in [1.54, 1.807) is 12.1 Å². The predicted octanol–water partition coefficient (Wildman–Crippen LogP) is 3.34. The number of carbonyl (C=O) groups is 2. The molecule has 1 amide bonds. The number of hydrogen-bond donors (Lipinski definition) is 2. The first-order valence-electron chi connectivity index (χ1n) is 8.14. The van der Waals surface area contributed by atoms with E-state index in [4.69, 9.17) is 0 Å². The topological polar surface area (TPSA) is 75.6 Å². The van der Waals surface area contributed by atoms with E-state index in [1.165, 1.54) is 24.3 Å². The van der Waals surface area contributed by atoms with E-state index in [1.807, 2.05) is 0 Å². The van der Waals surface area contributed by atoms with E-state index in [2.05, 4.69) is 10.1 Å². The van der Waals surface area contributed by atoms with E-state index >= 15 is 0 Å². The fourth-order valence-corrected chi connectivity index (χ4v) is 2.44. The Labute approximate surface area is 153 Å². The summed E-state index contributed by atoms with van der Waals surface area (Å²) in [5.74, 6) is -2.91. The lowest BCUT2D eigenvalue weighted by Crippen LogP contribution is -2.31. The molecule has 1 unspecified atom stereocenters. The van der Waals surface area contributed by atoms with Crippen LogP contribution in [0.25, 0.3) is 0 Å². The third kappa shape index (κ3) is 6.65. The van der Waals surface area contributed by atoms with Crippen molar-refractivity contribution in [3.8, 4) is 5.75 Å². The molecule has 144 valence electrons. The number of aryl methyl sites for hydroxylation is 1. The minimum atomic E-state index is -2.90. The third-order valence-electron chi connectivity index (χ3n) is 3.86. The Hall–Kier alpha value is -3.03. The van der Waals surface area contributed by atoms with Crippen LogP contribution in [-0.4, -0.2) is 30.1 Å². The molecule has 2 aromatic rings. The molecule has 0 bridgehead atoms. The van der Waals surface area contributed by atoms with E-state index in [-0.39, 0.29) is 24.6 Å². The molecule has 0 aliphatic rings. The van der Waals surface area contributed by atoms with Gasteiger partial charge in [-0.05, 0) is 41.8 Å². The Morgan fingerprint density at radius 3 is 2.22 bits per heavy atom. The van der Waals surface area contributed by atoms with Gasteiger partial charge in [-0.25, -0.2) is 4.39 Å². The van der Waals surface area contributed by atoms with Crippen LogP contribution in [0.3, 0.4) is 0 Å². The standard InChI is InChI=1S/C19H18F3NO4/c20-14-6-4-13(5-7-14)16(18(25)26)11-23-17(24)10-3-12-1-8-15(9-2-12)27-19(21)22/h1-2,4-9,16,19H,3,10-11H2,(H,23,24)(H,25,26). The SMILES string of the molecule is O=C(CCc1ccc(OC(F)F)cc1)NCC(C(=O)O)c1ccc(F)cc1. The van der Waals surface area contributed by atoms with Crippen molar-refractivity contribution in [3.05, 3.63) is 65.5 Å². The van der Waals surface area contributed by atoms with E-state index in [0.717, 1.165) is 17.7 Å². The van der Waals surface area contributed by atoms with Gasteiger partial charge in [0, 0.05) is 13.0 Å². The maximum atomic E-state index is 13.0. The predicted molar refractivity (Wildman–Crippen MR) is 91.2 cm³/mol. The van der Waals surface area contributed by atoms with Gasteiger partial charge < -0.3 is 15.2 Å². The molecule has 0 aliphatic carbocycles. The van der Waals surface area contributed by atoms with E-state index in [9.17, 15) is 27.9 Å². The summed E-state index contributed by atoms with van der Waals surface area (Å²) in [5, 5.41) is 11.8. The summed E-state index contributed by atoms with van der Waals surface area (Å²) in [6.45, 7) is -3.02. The molecule has 1 atom stereocenters. The summed E-state index contributed by atoms with van der Waals surface area (Å²) in [4.78, 5) is 23.3. The van der Waals surface area contributed by atoms with Gasteiger partial charge >= 0.3 is 12.6 Å². The van der Waals surface area contributed by atoms with Crippen LogP contribution in [0.5, 0.6) is 5.75 Å². The minimum Gasteiger partial charge on any atom is -0.481 e. The Balaban J connectivity index is 1.83. The Kier molecular flexibility index (Phi) is 7.22. The first-order chi connectivity index (χ1) is 12.8. The monoisotopic (exact) mass is 381 g/mol. The van der Waals surface area contributed by atoms with Gasteiger partial charge in [-0.3, -0.25) is 9.59 Å². The normalized spacial score (nSPS) is 11.9. The maximum Gasteiger partial charge on any atom is 0.387 e. The highest BCUT2D eigenvalue weighted by atomic mass is 19.3. The Morgan fingerprint density at radius 2 is 1.67 bits per heavy atom. The average molecular weight is 381 g/mol. The van der Waals surface area contributed by atoms with Crippen molar-refractivity contribution in [1.82, 2.24) is 5.32 Å². The Bertz CT molecular complexity index is 764. The van der Waals surface area contributed by atoms with Crippen LogP contribution < -0.4 is 10.1 Å². The van der Waals surface area contributed by atoms with Gasteiger partial charge in [-0.2, -0.15) is 8.78 Å². The third-order valence-corrected chi connectivity index (χ3v) is 3.86. The van der Waals surface area contributed by atoms with Crippen LogP contribution in [0.4, 0.5) is 13.2 Å². The van der Waals surface area contributed by atoms with Crippen LogP contribution in [0, 0.1) is 5.82 Å². The van der Waals surface area contributed by atoms with Crippen molar-refractivity contribution >= 4 is 11.9 Å². The molecule has 2 N–H and O–H groups in total. The van der Waals surface area contributed by atoms with Crippen LogP contribution in [0.2, 0.25) is 0 Å². The molecule has 8 heteroatoms. The molecular formula is C19H18F3NO4. The molecule has 0 radical (unpaired) electrons. The zero-order chi connectivity index (χ0) is 19.8. The van der Waals surface area contributed by atoms with Gasteiger partial charge in [0.05, 0.1) is 5.92 Å². The molecular weight excluding hydrogens is 363 g/mol. The number of amides is 1. The quantitative estimate of drug-likeness (QED) is 0.699. The molecule has 5 nitrogen and oxygen atoms in total. The van der Waals surface area contributed by atoms with Crippen molar-refractivity contribution in [2.75, 3.05) is 6.54 Å². The number of halogens is 3. The molecule has 2 rings (SSSR count). The number of carbonyl (C=O) groups excluding carboxylic acids is 1. The molecule has 2 aromatic carbocycles. The van der Waals surface area contributed by atoms with Crippen molar-refractivity contribution in [3.63, 3.8) is 0 Å². The molecule has 0 heterocycles. The highest BCUT2D eigenvalue weighted by molar-refractivity contribution is 5.80. The number of benzene rings is 2. The molecule has 0 spiro atoms. The van der Waals surface area contributed by atoms with Gasteiger partial charge in [0.1, 0.15) is 11.6 Å². The summed E-state index contributed by atoms with van der Waals surface area (Å²) in [5.41, 5.74) is 1.14. The van der Waals surface area contributed by atoms with E-state index < -0.39 is 24.3 Å². The lowest BCUT2D eigenvalue weighted by molar-refractivity contribution is -0.138. The summed E-state index contributed by atoms with van der Waals surface area (Å²) in [6.07, 6.45) is 0.458. The fraction of sp³-hybridized carbons (Fsp3) is 0.263. The molecule has 0 saturated carbocycles. The van der Waals surface area contributed by atoms with Gasteiger partial charge in [0.2, 0.25) is 5.91 Å². The van der Waals surface area contributed by atoms with Crippen LogP contribution in [0.1, 0.15) is 23.5 Å². The number of ether oxygens (including phenoxy) is 1. The number of aliphatic carboxylic acids is 1. The van der Waals surface area contributed by atoms with E-state index in [0.29, 0.717) is 12.0 Å². The van der Waals surface area contributed by atoms with Gasteiger partial charge in [-0.1, -0.05) is 24.3 Å².